The first-order valence-corrected chi connectivity index (χ1v) is 22.2. The standard InChI is InChI=1S/C61H52/c1-35-14-21-43-45-23-16-37(30-53(45)59(4,5)51(43)28-35)39-18-25-47-49-27-20-41(34-57(49)61(8,9)55(47)32-39)40-19-26-48-46-24-17-38(31-54(46)60(6,7)56(48)33-40)36-15-22-44-42-12-10-11-13-50(42)58(2,3)52(44)29-36/h10-34H,1-9H3. The summed E-state index contributed by atoms with van der Waals surface area (Å²) >= 11 is 0. The molecule has 0 heterocycles. The molecule has 0 spiro atoms. The van der Waals surface area contributed by atoms with Crippen LogP contribution in [0.4, 0.5) is 0 Å². The van der Waals surface area contributed by atoms with E-state index < -0.39 is 0 Å². The van der Waals surface area contributed by atoms with Gasteiger partial charge in [0, 0.05) is 21.7 Å². The summed E-state index contributed by atoms with van der Waals surface area (Å²) in [5.41, 5.74) is 31.0. The highest BCUT2D eigenvalue weighted by molar-refractivity contribution is 5.91. The average molecular weight is 785 g/mol. The van der Waals surface area contributed by atoms with Gasteiger partial charge in [-0.25, -0.2) is 0 Å². The van der Waals surface area contributed by atoms with Gasteiger partial charge in [0.2, 0.25) is 0 Å². The van der Waals surface area contributed by atoms with Gasteiger partial charge in [0.25, 0.3) is 0 Å². The molecule has 296 valence electrons. The van der Waals surface area contributed by atoms with Crippen molar-refractivity contribution in [1.29, 1.82) is 0 Å². The highest BCUT2D eigenvalue weighted by Crippen LogP contribution is 2.55. The third-order valence-electron chi connectivity index (χ3n) is 15.8. The van der Waals surface area contributed by atoms with E-state index in [2.05, 4.69) is 214 Å². The largest absolute Gasteiger partial charge is 0.0619 e. The molecule has 0 fully saturated rings. The third kappa shape index (κ3) is 4.88. The highest BCUT2D eigenvalue weighted by Gasteiger charge is 2.40. The van der Waals surface area contributed by atoms with Gasteiger partial charge in [-0.1, -0.05) is 176 Å². The lowest BCUT2D eigenvalue weighted by Crippen LogP contribution is -2.16. The predicted molar refractivity (Wildman–Crippen MR) is 258 cm³/mol. The Bertz CT molecular complexity index is 3250. The molecule has 0 aliphatic heterocycles. The second-order valence-corrected chi connectivity index (χ2v) is 20.7. The van der Waals surface area contributed by atoms with Gasteiger partial charge in [0.15, 0.2) is 0 Å². The van der Waals surface area contributed by atoms with Crippen molar-refractivity contribution in [2.45, 2.75) is 84.0 Å². The number of aryl methyl sites for hydroxylation is 1. The Morgan fingerprint density at radius 3 is 0.770 bits per heavy atom. The van der Waals surface area contributed by atoms with E-state index in [1.54, 1.807) is 0 Å². The summed E-state index contributed by atoms with van der Waals surface area (Å²) in [5.74, 6) is 0. The summed E-state index contributed by atoms with van der Waals surface area (Å²) in [5, 5.41) is 0. The molecule has 4 aliphatic carbocycles. The van der Waals surface area contributed by atoms with E-state index in [0.717, 1.165) is 0 Å². The molecule has 8 aromatic carbocycles. The Labute approximate surface area is 362 Å². The van der Waals surface area contributed by atoms with Gasteiger partial charge >= 0.3 is 0 Å². The summed E-state index contributed by atoms with van der Waals surface area (Å²) in [6.07, 6.45) is 0. The van der Waals surface area contributed by atoms with Crippen LogP contribution in [0.1, 0.15) is 105 Å². The minimum absolute atomic E-state index is 0.0172. The second-order valence-electron chi connectivity index (χ2n) is 20.7. The number of hydrogen-bond donors (Lipinski definition) is 0. The number of fused-ring (bicyclic) bond motifs is 12. The first kappa shape index (κ1) is 36.6. The van der Waals surface area contributed by atoms with Crippen molar-refractivity contribution in [1.82, 2.24) is 0 Å². The summed E-state index contributed by atoms with van der Waals surface area (Å²) in [6, 6.07) is 58.9. The smallest absolute Gasteiger partial charge is 0.0159 e. The van der Waals surface area contributed by atoms with E-state index in [0.29, 0.717) is 0 Å². The molecular formula is C61H52. The van der Waals surface area contributed by atoms with E-state index in [9.17, 15) is 0 Å². The zero-order chi connectivity index (χ0) is 42.0. The summed E-state index contributed by atoms with van der Waals surface area (Å²) in [7, 11) is 0. The molecule has 0 saturated heterocycles. The molecular weight excluding hydrogens is 733 g/mol. The van der Waals surface area contributed by atoms with Gasteiger partial charge < -0.3 is 0 Å². The van der Waals surface area contributed by atoms with Crippen molar-refractivity contribution >= 4 is 0 Å². The molecule has 12 rings (SSSR count). The minimum atomic E-state index is -0.126. The fourth-order valence-corrected chi connectivity index (χ4v) is 12.1. The van der Waals surface area contributed by atoms with Crippen LogP contribution in [0.3, 0.4) is 0 Å². The lowest BCUT2D eigenvalue weighted by Gasteiger charge is -2.24. The number of hydrogen-bond acceptors (Lipinski definition) is 0. The average Bonchev–Trinajstić information content (AvgIpc) is 3.82. The third-order valence-corrected chi connectivity index (χ3v) is 15.8. The van der Waals surface area contributed by atoms with Crippen LogP contribution in [-0.4, -0.2) is 0 Å². The molecule has 0 N–H and O–H groups in total. The van der Waals surface area contributed by atoms with Crippen molar-refractivity contribution in [2.75, 3.05) is 0 Å². The molecule has 0 nitrogen and oxygen atoms in total. The Morgan fingerprint density at radius 1 is 0.230 bits per heavy atom. The summed E-state index contributed by atoms with van der Waals surface area (Å²) in [4.78, 5) is 0. The van der Waals surface area contributed by atoms with E-state index in [1.165, 1.54) is 128 Å². The van der Waals surface area contributed by atoms with Crippen molar-refractivity contribution in [3.63, 3.8) is 0 Å². The molecule has 0 radical (unpaired) electrons. The van der Waals surface area contributed by atoms with Crippen molar-refractivity contribution in [3.05, 3.63) is 202 Å². The highest BCUT2D eigenvalue weighted by atomic mass is 14.4. The van der Waals surface area contributed by atoms with Crippen LogP contribution in [0.25, 0.3) is 77.9 Å². The Balaban J connectivity index is 0.859. The van der Waals surface area contributed by atoms with Crippen LogP contribution >= 0.6 is 0 Å². The van der Waals surface area contributed by atoms with Crippen LogP contribution < -0.4 is 0 Å². The first-order valence-electron chi connectivity index (χ1n) is 22.2. The molecule has 4 aliphatic rings. The second kappa shape index (κ2) is 12.0. The van der Waals surface area contributed by atoms with Crippen LogP contribution in [0, 0.1) is 6.92 Å². The maximum absolute atomic E-state index is 2.48. The van der Waals surface area contributed by atoms with Crippen LogP contribution in [0.2, 0.25) is 0 Å². The first-order chi connectivity index (χ1) is 29.1. The van der Waals surface area contributed by atoms with E-state index in [-0.39, 0.29) is 21.7 Å². The van der Waals surface area contributed by atoms with Gasteiger partial charge in [0.1, 0.15) is 0 Å². The molecule has 0 aromatic heterocycles. The van der Waals surface area contributed by atoms with E-state index in [1.807, 2.05) is 0 Å². The lowest BCUT2D eigenvalue weighted by molar-refractivity contribution is 0.659. The quantitative estimate of drug-likeness (QED) is 0.167. The summed E-state index contributed by atoms with van der Waals surface area (Å²) in [6.45, 7) is 21.4. The van der Waals surface area contributed by atoms with E-state index >= 15 is 0 Å². The molecule has 0 atom stereocenters. The fraction of sp³-hybridized carbons (Fsp3) is 0.213. The fourth-order valence-electron chi connectivity index (χ4n) is 12.1. The Morgan fingerprint density at radius 2 is 0.459 bits per heavy atom. The molecule has 61 heavy (non-hydrogen) atoms. The normalized spacial score (nSPS) is 16.8. The van der Waals surface area contributed by atoms with Gasteiger partial charge in [-0.2, -0.15) is 0 Å². The minimum Gasteiger partial charge on any atom is -0.0619 e. The summed E-state index contributed by atoms with van der Waals surface area (Å²) < 4.78 is 0. The number of rotatable bonds is 3. The van der Waals surface area contributed by atoms with Gasteiger partial charge in [-0.05, 0) is 166 Å². The van der Waals surface area contributed by atoms with E-state index in [4.69, 9.17) is 0 Å². The molecule has 0 heteroatoms. The van der Waals surface area contributed by atoms with Crippen LogP contribution in [-0.2, 0) is 21.7 Å². The number of benzene rings is 8. The topological polar surface area (TPSA) is 0 Å². The monoisotopic (exact) mass is 784 g/mol. The SMILES string of the molecule is Cc1ccc2c(c1)C(C)(C)c1cc(-c3ccc4c(c3)C(C)(C)c3cc(-c5ccc6c(c5)C(C)(C)c5cc(-c7ccc8c(c7)C(C)(C)c7ccccc7-8)ccc5-6)ccc3-4)ccc1-2. The Hall–Kier alpha value is -6.24. The van der Waals surface area contributed by atoms with Gasteiger partial charge in [0.05, 0.1) is 0 Å². The zero-order valence-corrected chi connectivity index (χ0v) is 36.9. The van der Waals surface area contributed by atoms with Crippen molar-refractivity contribution < 1.29 is 0 Å². The maximum atomic E-state index is 2.48. The van der Waals surface area contributed by atoms with Crippen LogP contribution in [0.15, 0.2) is 152 Å². The molecule has 0 saturated carbocycles. The maximum Gasteiger partial charge on any atom is 0.0159 e. The molecule has 0 unspecified atom stereocenters. The molecule has 0 amide bonds. The molecule has 8 aromatic rings. The van der Waals surface area contributed by atoms with Gasteiger partial charge in [-0.15, -0.1) is 0 Å². The van der Waals surface area contributed by atoms with Gasteiger partial charge in [-0.3, -0.25) is 0 Å². The zero-order valence-electron chi connectivity index (χ0n) is 36.9. The molecule has 0 bridgehead atoms. The van der Waals surface area contributed by atoms with Crippen molar-refractivity contribution in [2.24, 2.45) is 0 Å². The predicted octanol–water partition coefficient (Wildman–Crippen LogP) is 16.2. The Kier molecular flexibility index (Phi) is 7.19. The van der Waals surface area contributed by atoms with Crippen molar-refractivity contribution in [3.8, 4) is 77.9 Å². The van der Waals surface area contributed by atoms with Crippen LogP contribution in [0.5, 0.6) is 0 Å². The lowest BCUT2D eigenvalue weighted by atomic mass is 9.79.